The second-order valence-corrected chi connectivity index (χ2v) is 13.8. The van der Waals surface area contributed by atoms with E-state index < -0.39 is 17.8 Å². The summed E-state index contributed by atoms with van der Waals surface area (Å²) >= 11 is 0. The molecule has 250 valence electrons. The molecule has 7 nitrogen and oxygen atoms in total. The number of rotatable bonds is 26. The van der Waals surface area contributed by atoms with Crippen LogP contribution in [0.5, 0.6) is 0 Å². The number of aliphatic hydroxyl groups is 2. The number of ketones is 2. The fraction of sp³-hybridized carbons (Fsp3) is 0.917. The zero-order valence-corrected chi connectivity index (χ0v) is 27.8. The zero-order chi connectivity index (χ0) is 31.5. The minimum absolute atomic E-state index is 0.0235. The number of carbonyl (C=O) groups excluding carboxylic acids is 3. The molecule has 6 atom stereocenters. The van der Waals surface area contributed by atoms with Crippen molar-refractivity contribution in [2.45, 2.75) is 205 Å². The Morgan fingerprint density at radius 1 is 0.860 bits per heavy atom. The smallest absolute Gasteiger partial charge is 0.309 e. The van der Waals surface area contributed by atoms with Gasteiger partial charge in [-0.2, -0.15) is 0 Å². The molecule has 2 fully saturated rings. The summed E-state index contributed by atoms with van der Waals surface area (Å²) in [7, 11) is 0. The van der Waals surface area contributed by atoms with Crippen LogP contribution in [-0.2, 0) is 23.9 Å². The van der Waals surface area contributed by atoms with Crippen molar-refractivity contribution in [1.82, 2.24) is 0 Å². The fourth-order valence-electron chi connectivity index (χ4n) is 6.81. The van der Waals surface area contributed by atoms with Crippen molar-refractivity contribution in [1.29, 1.82) is 0 Å². The number of hydrogen-bond acceptors (Lipinski definition) is 7. The molecule has 2 aliphatic heterocycles. The van der Waals surface area contributed by atoms with Crippen LogP contribution >= 0.6 is 0 Å². The molecular weight excluding hydrogens is 544 g/mol. The van der Waals surface area contributed by atoms with Crippen LogP contribution in [0.1, 0.15) is 175 Å². The summed E-state index contributed by atoms with van der Waals surface area (Å²) in [6.07, 6.45) is 21.4. The quantitative estimate of drug-likeness (QED) is 0.0757. The van der Waals surface area contributed by atoms with Crippen LogP contribution in [-0.4, -0.2) is 57.8 Å². The monoisotopic (exact) mass is 608 g/mol. The summed E-state index contributed by atoms with van der Waals surface area (Å²) < 4.78 is 11.6. The first-order chi connectivity index (χ1) is 20.6. The van der Waals surface area contributed by atoms with Crippen molar-refractivity contribution in [2.75, 3.05) is 0 Å². The van der Waals surface area contributed by atoms with E-state index >= 15 is 0 Å². The summed E-state index contributed by atoms with van der Waals surface area (Å²) in [5, 5.41) is 21.6. The summed E-state index contributed by atoms with van der Waals surface area (Å²) in [5.41, 5.74) is -0.573. The van der Waals surface area contributed by atoms with E-state index in [2.05, 4.69) is 6.92 Å². The molecule has 7 heteroatoms. The maximum Gasteiger partial charge on any atom is 0.309 e. The minimum Gasteiger partial charge on any atom is -0.462 e. The average molecular weight is 609 g/mol. The molecule has 1 unspecified atom stereocenters. The number of esters is 1. The molecule has 2 rings (SSSR count). The standard InChI is InChI=1S/C36H64O7/c1-4-5-6-7-8-9-10-11-12-16-23-34(40)36(3)25-24-33(43-36)32(39)22-18-17-20-30(38)19-14-13-15-21-31-27-29(26-28(2)37)35(41)42-31/h29,31-34,39-40H,4-27H2,1-3H3/t29?,31-,32+,33+,34+,36+/m1/s1. The molecule has 0 radical (unpaired) electrons. The number of hydrogen-bond donors (Lipinski definition) is 2. The second-order valence-electron chi connectivity index (χ2n) is 13.8. The molecule has 0 aromatic carbocycles. The van der Waals surface area contributed by atoms with Crippen molar-refractivity contribution in [2.24, 2.45) is 5.92 Å². The normalized spacial score (nSPS) is 25.1. The van der Waals surface area contributed by atoms with Crippen molar-refractivity contribution < 1.29 is 34.1 Å². The van der Waals surface area contributed by atoms with Crippen molar-refractivity contribution in [3.05, 3.63) is 0 Å². The van der Waals surface area contributed by atoms with E-state index in [9.17, 15) is 24.6 Å². The van der Waals surface area contributed by atoms with E-state index in [1.54, 1.807) is 0 Å². The third-order valence-electron chi connectivity index (χ3n) is 9.70. The number of unbranched alkanes of at least 4 members (excludes halogenated alkanes) is 12. The second kappa shape index (κ2) is 21.4. The predicted octanol–water partition coefficient (Wildman–Crippen LogP) is 7.95. The molecule has 2 heterocycles. The highest BCUT2D eigenvalue weighted by Crippen LogP contribution is 2.37. The molecule has 0 aromatic rings. The van der Waals surface area contributed by atoms with Gasteiger partial charge in [-0.15, -0.1) is 0 Å². The van der Waals surface area contributed by atoms with Crippen LogP contribution in [0.2, 0.25) is 0 Å². The molecule has 0 aliphatic carbocycles. The predicted molar refractivity (Wildman–Crippen MR) is 171 cm³/mol. The summed E-state index contributed by atoms with van der Waals surface area (Å²) in [4.78, 5) is 35.4. The van der Waals surface area contributed by atoms with Gasteiger partial charge < -0.3 is 24.5 Å². The van der Waals surface area contributed by atoms with Crippen LogP contribution in [0, 0.1) is 5.92 Å². The Morgan fingerprint density at radius 2 is 1.44 bits per heavy atom. The van der Waals surface area contributed by atoms with E-state index in [0.29, 0.717) is 25.7 Å². The van der Waals surface area contributed by atoms with E-state index in [0.717, 1.165) is 70.6 Å². The third kappa shape index (κ3) is 15.5. The maximum atomic E-state index is 12.3. The first-order valence-corrected chi connectivity index (χ1v) is 17.9. The van der Waals surface area contributed by atoms with Gasteiger partial charge in [-0.1, -0.05) is 84.0 Å². The van der Waals surface area contributed by atoms with Gasteiger partial charge in [0.05, 0.1) is 29.8 Å². The van der Waals surface area contributed by atoms with E-state index in [4.69, 9.17) is 9.47 Å². The lowest BCUT2D eigenvalue weighted by Crippen LogP contribution is -2.41. The largest absolute Gasteiger partial charge is 0.462 e. The number of Topliss-reactive ketones (excluding diaryl/α,β-unsaturated/α-hetero) is 2. The number of aliphatic hydroxyl groups excluding tert-OH is 2. The molecular formula is C36H64O7. The van der Waals surface area contributed by atoms with Gasteiger partial charge in [0, 0.05) is 19.3 Å². The Balaban J connectivity index is 1.46. The van der Waals surface area contributed by atoms with Gasteiger partial charge in [0.25, 0.3) is 0 Å². The summed E-state index contributed by atoms with van der Waals surface area (Å²) in [6, 6.07) is 0. The zero-order valence-electron chi connectivity index (χ0n) is 27.8. The Morgan fingerprint density at radius 3 is 2.09 bits per heavy atom. The number of carbonyl (C=O) groups is 3. The molecule has 2 aliphatic rings. The van der Waals surface area contributed by atoms with E-state index in [-0.39, 0.29) is 42.1 Å². The summed E-state index contributed by atoms with van der Waals surface area (Å²) in [5.74, 6) is -0.234. The molecule has 2 N–H and O–H groups in total. The van der Waals surface area contributed by atoms with Gasteiger partial charge in [0.15, 0.2) is 0 Å². The lowest BCUT2D eigenvalue weighted by molar-refractivity contribution is -0.145. The van der Waals surface area contributed by atoms with Crippen LogP contribution in [0.4, 0.5) is 0 Å². The first kappa shape index (κ1) is 37.9. The molecule has 43 heavy (non-hydrogen) atoms. The van der Waals surface area contributed by atoms with Crippen LogP contribution < -0.4 is 0 Å². The van der Waals surface area contributed by atoms with Gasteiger partial charge in [-0.3, -0.25) is 9.59 Å². The van der Waals surface area contributed by atoms with Gasteiger partial charge in [-0.25, -0.2) is 0 Å². The number of ether oxygens (including phenoxy) is 2. The Hall–Kier alpha value is -1.31. The van der Waals surface area contributed by atoms with Crippen LogP contribution in [0.25, 0.3) is 0 Å². The first-order valence-electron chi connectivity index (χ1n) is 17.9. The summed E-state index contributed by atoms with van der Waals surface area (Å²) in [6.45, 7) is 5.75. The topological polar surface area (TPSA) is 110 Å². The Labute approximate surface area is 262 Å². The molecule has 0 aromatic heterocycles. The van der Waals surface area contributed by atoms with Crippen LogP contribution in [0.15, 0.2) is 0 Å². The minimum atomic E-state index is -0.573. The van der Waals surface area contributed by atoms with Gasteiger partial charge >= 0.3 is 5.97 Å². The molecule has 2 saturated heterocycles. The lowest BCUT2D eigenvalue weighted by atomic mass is 9.91. The molecule has 0 saturated carbocycles. The highest BCUT2D eigenvalue weighted by Gasteiger charge is 2.43. The van der Waals surface area contributed by atoms with E-state index in [1.165, 1.54) is 58.3 Å². The highest BCUT2D eigenvalue weighted by molar-refractivity contribution is 5.83. The molecule has 0 amide bonds. The van der Waals surface area contributed by atoms with E-state index in [1.807, 2.05) is 6.92 Å². The lowest BCUT2D eigenvalue weighted by Gasteiger charge is -2.31. The highest BCUT2D eigenvalue weighted by atomic mass is 16.6. The molecule has 0 spiro atoms. The van der Waals surface area contributed by atoms with Gasteiger partial charge in [0.2, 0.25) is 0 Å². The maximum absolute atomic E-state index is 12.3. The van der Waals surface area contributed by atoms with Gasteiger partial charge in [-0.05, 0) is 71.6 Å². The van der Waals surface area contributed by atoms with Crippen molar-refractivity contribution >= 4 is 17.5 Å². The molecule has 0 bridgehead atoms. The van der Waals surface area contributed by atoms with Crippen molar-refractivity contribution in [3.8, 4) is 0 Å². The van der Waals surface area contributed by atoms with Crippen LogP contribution in [0.3, 0.4) is 0 Å². The Kier molecular flexibility index (Phi) is 18.9. The Bertz CT molecular complexity index is 798. The third-order valence-corrected chi connectivity index (χ3v) is 9.70. The van der Waals surface area contributed by atoms with Gasteiger partial charge in [0.1, 0.15) is 17.7 Å². The van der Waals surface area contributed by atoms with Crippen molar-refractivity contribution in [3.63, 3.8) is 0 Å². The SMILES string of the molecule is CCCCCCCCCCCC[C@H](O)[C@]1(C)CC[C@@H]([C@@H](O)CCCCC(=O)CCCCC[C@@H]2CC(CC(C)=O)C(=O)O2)O1. The fourth-order valence-corrected chi connectivity index (χ4v) is 6.81. The number of cyclic esters (lactones) is 1. The average Bonchev–Trinajstić information content (AvgIpc) is 3.54.